The molecule has 1 unspecified atom stereocenters. The molecule has 180 valence electrons. The lowest BCUT2D eigenvalue weighted by atomic mass is 9.85. The maximum absolute atomic E-state index is 12.7. The van der Waals surface area contributed by atoms with Crippen LogP contribution in [0.15, 0.2) is 48.7 Å². The van der Waals surface area contributed by atoms with Crippen LogP contribution in [-0.4, -0.2) is 33.1 Å². The van der Waals surface area contributed by atoms with E-state index in [0.717, 1.165) is 29.9 Å². The van der Waals surface area contributed by atoms with E-state index in [1.165, 1.54) is 20.3 Å². The highest BCUT2D eigenvalue weighted by atomic mass is 127. The van der Waals surface area contributed by atoms with E-state index in [1.807, 2.05) is 27.0 Å². The van der Waals surface area contributed by atoms with Crippen LogP contribution < -0.4 is 0 Å². The lowest BCUT2D eigenvalue weighted by Gasteiger charge is -2.27. The van der Waals surface area contributed by atoms with Gasteiger partial charge in [-0.25, -0.2) is 9.78 Å². The van der Waals surface area contributed by atoms with Crippen molar-refractivity contribution in [1.82, 2.24) is 14.9 Å². The van der Waals surface area contributed by atoms with Gasteiger partial charge >= 0.3 is 6.09 Å². The number of ether oxygens (including phenoxy) is 1. The fourth-order valence-electron chi connectivity index (χ4n) is 4.31. The average molecular weight is 572 g/mol. The Morgan fingerprint density at radius 3 is 2.56 bits per heavy atom. The molecule has 1 aliphatic rings. The zero-order valence-corrected chi connectivity index (χ0v) is 23.1. The Kier molecular flexibility index (Phi) is 6.82. The van der Waals surface area contributed by atoms with Crippen LogP contribution in [0.25, 0.3) is 22.4 Å². The summed E-state index contributed by atoms with van der Waals surface area (Å²) in [6.45, 7) is 13.1. The van der Waals surface area contributed by atoms with Gasteiger partial charge in [0.2, 0.25) is 0 Å². The molecule has 1 saturated heterocycles. The van der Waals surface area contributed by atoms with Crippen LogP contribution in [0.4, 0.5) is 4.79 Å². The third-order valence-corrected chi connectivity index (χ3v) is 7.05. The fourth-order valence-corrected chi connectivity index (χ4v) is 4.96. The first-order valence-corrected chi connectivity index (χ1v) is 13.0. The summed E-state index contributed by atoms with van der Waals surface area (Å²) in [5.41, 5.74) is 5.35. The van der Waals surface area contributed by atoms with E-state index in [2.05, 4.69) is 95.8 Å². The largest absolute Gasteiger partial charge is 0.444 e. The molecule has 4 rings (SSSR count). The molecule has 1 atom stereocenters. The Labute approximate surface area is 216 Å². The van der Waals surface area contributed by atoms with E-state index in [-0.39, 0.29) is 17.6 Å². The summed E-state index contributed by atoms with van der Waals surface area (Å²) in [6.07, 6.45) is 3.42. The minimum absolute atomic E-state index is 0.0876. The molecule has 1 N–H and O–H groups in total. The summed E-state index contributed by atoms with van der Waals surface area (Å²) in [5.74, 6) is 0.813. The number of amides is 1. The topological polar surface area (TPSA) is 58.2 Å². The number of aromatic amines is 1. The number of carbonyl (C=O) groups is 1. The van der Waals surface area contributed by atoms with E-state index in [1.54, 1.807) is 4.90 Å². The number of rotatable bonds is 3. The maximum atomic E-state index is 12.7. The van der Waals surface area contributed by atoms with Crippen LogP contribution in [0.1, 0.15) is 71.8 Å². The molecule has 2 heterocycles. The highest BCUT2D eigenvalue weighted by Crippen LogP contribution is 2.35. The van der Waals surface area contributed by atoms with Crippen molar-refractivity contribution in [1.29, 1.82) is 0 Å². The van der Waals surface area contributed by atoms with Gasteiger partial charge in [0.25, 0.3) is 0 Å². The van der Waals surface area contributed by atoms with Crippen molar-refractivity contribution in [2.45, 2.75) is 71.4 Å². The Hall–Kier alpha value is -2.35. The first-order valence-electron chi connectivity index (χ1n) is 11.9. The van der Waals surface area contributed by atoms with Gasteiger partial charge in [0.15, 0.2) is 0 Å². The Morgan fingerprint density at radius 2 is 1.85 bits per heavy atom. The molecule has 1 fully saturated rings. The second-order valence-electron chi connectivity index (χ2n) is 11.0. The molecule has 2 aromatic carbocycles. The fraction of sp³-hybridized carbons (Fsp3) is 0.429. The standard InChI is InChI=1S/C28H34IN3O2/c1-27(2,3)20-10-7-9-18(15-20)21-16-19(12-13-22(21)29)23-17-30-25(31-23)24-11-8-14-32(24)26(33)34-28(4,5)6/h7,9-10,12-13,15-17,24H,8,11,14H2,1-6H3,(H,30,31). The molecule has 1 aliphatic heterocycles. The summed E-state index contributed by atoms with van der Waals surface area (Å²) in [4.78, 5) is 22.7. The highest BCUT2D eigenvalue weighted by molar-refractivity contribution is 14.1. The molecule has 34 heavy (non-hydrogen) atoms. The molecule has 5 nitrogen and oxygen atoms in total. The molecule has 0 bridgehead atoms. The molecular formula is C28H34IN3O2. The minimum Gasteiger partial charge on any atom is -0.444 e. The molecule has 0 radical (unpaired) electrons. The zero-order chi connectivity index (χ0) is 24.7. The van der Waals surface area contributed by atoms with Crippen molar-refractivity contribution in [2.24, 2.45) is 0 Å². The van der Waals surface area contributed by atoms with Crippen molar-refractivity contribution in [3.05, 3.63) is 63.6 Å². The van der Waals surface area contributed by atoms with Gasteiger partial charge in [-0.2, -0.15) is 0 Å². The molecule has 0 spiro atoms. The minimum atomic E-state index is -0.513. The number of carbonyl (C=O) groups excluding carboxylic acids is 1. The number of benzene rings is 2. The molecule has 0 saturated carbocycles. The number of nitrogens with zero attached hydrogens (tertiary/aromatic N) is 2. The predicted molar refractivity (Wildman–Crippen MR) is 146 cm³/mol. The first-order chi connectivity index (χ1) is 15.9. The molecule has 6 heteroatoms. The Bertz CT molecular complexity index is 1190. The number of imidazole rings is 1. The van der Waals surface area contributed by atoms with Crippen LogP contribution in [0.2, 0.25) is 0 Å². The highest BCUT2D eigenvalue weighted by Gasteiger charge is 2.34. The van der Waals surface area contributed by atoms with Crippen LogP contribution in [-0.2, 0) is 10.2 Å². The van der Waals surface area contributed by atoms with Crippen molar-refractivity contribution >= 4 is 28.7 Å². The van der Waals surface area contributed by atoms with Gasteiger partial charge in [0, 0.05) is 15.7 Å². The summed E-state index contributed by atoms with van der Waals surface area (Å²) < 4.78 is 6.83. The number of hydrogen-bond donors (Lipinski definition) is 1. The number of halogens is 1. The van der Waals surface area contributed by atoms with Gasteiger partial charge in [-0.1, -0.05) is 51.1 Å². The summed E-state index contributed by atoms with van der Waals surface area (Å²) in [6, 6.07) is 15.2. The van der Waals surface area contributed by atoms with Gasteiger partial charge in [-0.05, 0) is 90.4 Å². The van der Waals surface area contributed by atoms with Gasteiger partial charge in [-0.15, -0.1) is 0 Å². The maximum Gasteiger partial charge on any atom is 0.410 e. The van der Waals surface area contributed by atoms with Crippen molar-refractivity contribution < 1.29 is 9.53 Å². The van der Waals surface area contributed by atoms with Crippen LogP contribution >= 0.6 is 22.6 Å². The van der Waals surface area contributed by atoms with Crippen molar-refractivity contribution in [2.75, 3.05) is 6.54 Å². The number of aromatic nitrogens is 2. The molecule has 0 aliphatic carbocycles. The number of H-pyrrole nitrogens is 1. The molecular weight excluding hydrogens is 537 g/mol. The summed E-state index contributed by atoms with van der Waals surface area (Å²) >= 11 is 2.41. The monoisotopic (exact) mass is 571 g/mol. The van der Waals surface area contributed by atoms with Crippen molar-refractivity contribution in [3.63, 3.8) is 0 Å². The summed E-state index contributed by atoms with van der Waals surface area (Å²) in [7, 11) is 0. The van der Waals surface area contributed by atoms with E-state index >= 15 is 0 Å². The normalized spacial score (nSPS) is 16.7. The zero-order valence-electron chi connectivity index (χ0n) is 20.9. The van der Waals surface area contributed by atoms with E-state index in [4.69, 9.17) is 4.74 Å². The predicted octanol–water partition coefficient (Wildman–Crippen LogP) is 7.72. The number of nitrogens with one attached hydrogen (secondary N) is 1. The van der Waals surface area contributed by atoms with Crippen molar-refractivity contribution in [3.8, 4) is 22.4 Å². The smallest absolute Gasteiger partial charge is 0.410 e. The third-order valence-electron chi connectivity index (χ3n) is 6.11. The average Bonchev–Trinajstić information content (AvgIpc) is 3.42. The Balaban J connectivity index is 1.62. The van der Waals surface area contributed by atoms with E-state index < -0.39 is 5.60 Å². The Morgan fingerprint density at radius 1 is 1.09 bits per heavy atom. The molecule has 1 aromatic heterocycles. The van der Waals surface area contributed by atoms with Crippen LogP contribution in [0.5, 0.6) is 0 Å². The first kappa shape index (κ1) is 24.8. The molecule has 1 amide bonds. The lowest BCUT2D eigenvalue weighted by Crippen LogP contribution is -2.36. The van der Waals surface area contributed by atoms with Gasteiger partial charge in [0.05, 0.1) is 17.9 Å². The number of likely N-dealkylation sites (tertiary alicyclic amines) is 1. The van der Waals surface area contributed by atoms with Crippen LogP contribution in [0.3, 0.4) is 0 Å². The SMILES string of the molecule is CC(C)(C)OC(=O)N1CCCC1c1ncc(-c2ccc(I)c(-c3cccc(C(C)(C)C)c3)c2)[nH]1. The second kappa shape index (κ2) is 9.36. The third kappa shape index (κ3) is 5.48. The van der Waals surface area contributed by atoms with Gasteiger partial charge in [-0.3, -0.25) is 4.90 Å². The summed E-state index contributed by atoms with van der Waals surface area (Å²) in [5, 5.41) is 0. The van der Waals surface area contributed by atoms with Gasteiger partial charge < -0.3 is 9.72 Å². The molecule has 3 aromatic rings. The quantitative estimate of drug-likeness (QED) is 0.328. The lowest BCUT2D eigenvalue weighted by molar-refractivity contribution is 0.0218. The van der Waals surface area contributed by atoms with E-state index in [9.17, 15) is 4.79 Å². The van der Waals surface area contributed by atoms with Gasteiger partial charge in [0.1, 0.15) is 11.4 Å². The van der Waals surface area contributed by atoms with E-state index in [0.29, 0.717) is 6.54 Å². The number of hydrogen-bond acceptors (Lipinski definition) is 3. The second-order valence-corrected chi connectivity index (χ2v) is 12.2. The van der Waals surface area contributed by atoms with Crippen LogP contribution in [0, 0.1) is 3.57 Å².